The molecule has 3 rings (SSSR count). The van der Waals surface area contributed by atoms with E-state index in [2.05, 4.69) is 9.98 Å². The lowest BCUT2D eigenvalue weighted by Crippen LogP contribution is -1.96. The van der Waals surface area contributed by atoms with Crippen LogP contribution in [-0.2, 0) is 0 Å². The van der Waals surface area contributed by atoms with Gasteiger partial charge in [0.05, 0.1) is 5.56 Å². The molecule has 0 bridgehead atoms. The molecular formula is C14H15ClN2O. The van der Waals surface area contributed by atoms with Crippen LogP contribution in [0.15, 0.2) is 23.2 Å². The van der Waals surface area contributed by atoms with Gasteiger partial charge < -0.3 is 10.1 Å². The monoisotopic (exact) mass is 262 g/mol. The summed E-state index contributed by atoms with van der Waals surface area (Å²) in [4.78, 5) is 7.49. The minimum Gasteiger partial charge on any atom is -0.494 e. The molecule has 1 aromatic carbocycles. The fourth-order valence-corrected chi connectivity index (χ4v) is 2.71. The summed E-state index contributed by atoms with van der Waals surface area (Å²) < 4.78 is 0. The van der Waals surface area contributed by atoms with Crippen molar-refractivity contribution < 1.29 is 5.11 Å². The standard InChI is InChI=1S/C14H15ClN2O/c15-9-5-6-13-11(7-9)12(14(18)17-13)8-16-10-3-1-2-4-10/h5-8,10,17-18H,1-4H2. The number of halogens is 1. The fraction of sp³-hybridized carbons (Fsp3) is 0.357. The van der Waals surface area contributed by atoms with Crippen molar-refractivity contribution in [2.75, 3.05) is 0 Å². The summed E-state index contributed by atoms with van der Waals surface area (Å²) in [7, 11) is 0. The predicted molar refractivity (Wildman–Crippen MR) is 74.8 cm³/mol. The average Bonchev–Trinajstić information content (AvgIpc) is 2.94. The van der Waals surface area contributed by atoms with Crippen molar-refractivity contribution >= 4 is 28.7 Å². The van der Waals surface area contributed by atoms with Gasteiger partial charge in [0.2, 0.25) is 0 Å². The number of aromatic nitrogens is 1. The molecule has 0 unspecified atom stereocenters. The number of hydrogen-bond acceptors (Lipinski definition) is 2. The molecule has 1 heterocycles. The molecule has 0 amide bonds. The molecule has 0 atom stereocenters. The summed E-state index contributed by atoms with van der Waals surface area (Å²) in [5.41, 5.74) is 1.61. The van der Waals surface area contributed by atoms with Gasteiger partial charge in [0.1, 0.15) is 0 Å². The number of aromatic amines is 1. The van der Waals surface area contributed by atoms with Crippen LogP contribution >= 0.6 is 11.6 Å². The summed E-state index contributed by atoms with van der Waals surface area (Å²) in [6.07, 6.45) is 6.60. The maximum absolute atomic E-state index is 9.91. The molecule has 4 heteroatoms. The maximum atomic E-state index is 9.91. The molecular weight excluding hydrogens is 248 g/mol. The van der Waals surface area contributed by atoms with Crippen LogP contribution in [0.25, 0.3) is 10.9 Å². The highest BCUT2D eigenvalue weighted by Crippen LogP contribution is 2.29. The third kappa shape index (κ3) is 2.10. The Balaban J connectivity index is 1.99. The van der Waals surface area contributed by atoms with E-state index in [4.69, 9.17) is 11.6 Å². The van der Waals surface area contributed by atoms with Crippen molar-refractivity contribution in [2.24, 2.45) is 4.99 Å². The van der Waals surface area contributed by atoms with Crippen LogP contribution in [0.4, 0.5) is 0 Å². The zero-order valence-electron chi connectivity index (χ0n) is 9.99. The second-order valence-corrected chi connectivity index (χ2v) is 5.23. The highest BCUT2D eigenvalue weighted by atomic mass is 35.5. The molecule has 0 spiro atoms. The molecule has 3 nitrogen and oxygen atoms in total. The number of hydrogen-bond donors (Lipinski definition) is 2. The number of aliphatic imine (C=N–C) groups is 1. The summed E-state index contributed by atoms with van der Waals surface area (Å²) in [6.45, 7) is 0. The minimum absolute atomic E-state index is 0.161. The Labute approximate surface area is 110 Å². The van der Waals surface area contributed by atoms with Crippen molar-refractivity contribution in [3.63, 3.8) is 0 Å². The molecule has 1 aliphatic carbocycles. The number of nitrogens with one attached hydrogen (secondary N) is 1. The minimum atomic E-state index is 0.161. The van der Waals surface area contributed by atoms with Crippen molar-refractivity contribution in [1.29, 1.82) is 0 Å². The summed E-state index contributed by atoms with van der Waals surface area (Å²) in [5.74, 6) is 0.161. The van der Waals surface area contributed by atoms with E-state index in [1.807, 2.05) is 12.1 Å². The molecule has 2 aromatic rings. The third-order valence-electron chi connectivity index (χ3n) is 3.52. The van der Waals surface area contributed by atoms with Crippen LogP contribution in [0.1, 0.15) is 31.2 Å². The molecule has 94 valence electrons. The quantitative estimate of drug-likeness (QED) is 0.793. The van der Waals surface area contributed by atoms with Crippen LogP contribution in [0.2, 0.25) is 5.02 Å². The van der Waals surface area contributed by atoms with Gasteiger partial charge in [-0.15, -0.1) is 0 Å². The van der Waals surface area contributed by atoms with Crippen molar-refractivity contribution in [3.8, 4) is 5.88 Å². The first-order chi connectivity index (χ1) is 8.74. The number of benzene rings is 1. The molecule has 0 saturated heterocycles. The van der Waals surface area contributed by atoms with Gasteiger partial charge in [-0.25, -0.2) is 0 Å². The van der Waals surface area contributed by atoms with Gasteiger partial charge in [-0.1, -0.05) is 24.4 Å². The Morgan fingerprint density at radius 3 is 2.89 bits per heavy atom. The van der Waals surface area contributed by atoms with Crippen LogP contribution < -0.4 is 0 Å². The second kappa shape index (κ2) is 4.65. The van der Waals surface area contributed by atoms with E-state index in [1.165, 1.54) is 12.8 Å². The van der Waals surface area contributed by atoms with Crippen molar-refractivity contribution in [2.45, 2.75) is 31.7 Å². The normalized spacial score (nSPS) is 17.2. The summed E-state index contributed by atoms with van der Waals surface area (Å²) in [6, 6.07) is 5.93. The molecule has 1 aromatic heterocycles. The number of fused-ring (bicyclic) bond motifs is 1. The average molecular weight is 263 g/mol. The zero-order chi connectivity index (χ0) is 12.5. The van der Waals surface area contributed by atoms with E-state index in [-0.39, 0.29) is 5.88 Å². The van der Waals surface area contributed by atoms with Gasteiger partial charge in [0.15, 0.2) is 5.88 Å². The van der Waals surface area contributed by atoms with Crippen molar-refractivity contribution in [3.05, 3.63) is 28.8 Å². The third-order valence-corrected chi connectivity index (χ3v) is 3.75. The van der Waals surface area contributed by atoms with Crippen LogP contribution in [0, 0.1) is 0 Å². The van der Waals surface area contributed by atoms with E-state index in [9.17, 15) is 5.11 Å². The Morgan fingerprint density at radius 2 is 2.11 bits per heavy atom. The largest absolute Gasteiger partial charge is 0.494 e. The fourth-order valence-electron chi connectivity index (χ4n) is 2.53. The topological polar surface area (TPSA) is 48.4 Å². The molecule has 18 heavy (non-hydrogen) atoms. The molecule has 1 aliphatic rings. The van der Waals surface area contributed by atoms with E-state index in [1.54, 1.807) is 12.3 Å². The van der Waals surface area contributed by atoms with Gasteiger partial charge in [-0.3, -0.25) is 4.99 Å². The van der Waals surface area contributed by atoms with Crippen LogP contribution in [0.5, 0.6) is 5.88 Å². The highest BCUT2D eigenvalue weighted by molar-refractivity contribution is 6.31. The highest BCUT2D eigenvalue weighted by Gasteiger charge is 2.14. The van der Waals surface area contributed by atoms with Gasteiger partial charge in [-0.2, -0.15) is 0 Å². The molecule has 0 radical (unpaired) electrons. The van der Waals surface area contributed by atoms with E-state index in [0.717, 1.165) is 29.3 Å². The molecule has 0 aliphatic heterocycles. The number of H-pyrrole nitrogens is 1. The Kier molecular flexibility index (Phi) is 3.00. The summed E-state index contributed by atoms with van der Waals surface area (Å²) in [5, 5.41) is 11.5. The molecule has 1 fully saturated rings. The summed E-state index contributed by atoms with van der Waals surface area (Å²) >= 11 is 5.99. The van der Waals surface area contributed by atoms with E-state index in [0.29, 0.717) is 11.1 Å². The van der Waals surface area contributed by atoms with Gasteiger partial charge >= 0.3 is 0 Å². The maximum Gasteiger partial charge on any atom is 0.198 e. The first-order valence-electron chi connectivity index (χ1n) is 6.27. The van der Waals surface area contributed by atoms with Gasteiger partial charge in [0.25, 0.3) is 0 Å². The predicted octanol–water partition coefficient (Wildman–Crippen LogP) is 3.89. The van der Waals surface area contributed by atoms with Crippen LogP contribution in [-0.4, -0.2) is 22.3 Å². The Morgan fingerprint density at radius 1 is 1.33 bits per heavy atom. The van der Waals surface area contributed by atoms with Crippen LogP contribution in [0.3, 0.4) is 0 Å². The Bertz CT molecular complexity index is 597. The van der Waals surface area contributed by atoms with Gasteiger partial charge in [0, 0.05) is 28.2 Å². The van der Waals surface area contributed by atoms with Gasteiger partial charge in [-0.05, 0) is 31.0 Å². The van der Waals surface area contributed by atoms with E-state index < -0.39 is 0 Å². The molecule has 1 saturated carbocycles. The number of aromatic hydroxyl groups is 1. The zero-order valence-corrected chi connectivity index (χ0v) is 10.7. The first kappa shape index (κ1) is 11.6. The smallest absolute Gasteiger partial charge is 0.198 e. The van der Waals surface area contributed by atoms with E-state index >= 15 is 0 Å². The number of nitrogens with zero attached hydrogens (tertiary/aromatic N) is 1. The number of rotatable bonds is 2. The lowest BCUT2D eigenvalue weighted by atomic mass is 10.2. The SMILES string of the molecule is Oc1[nH]c2ccc(Cl)cc2c1C=NC1CCCC1. The lowest BCUT2D eigenvalue weighted by molar-refractivity contribution is 0.457. The Hall–Kier alpha value is -1.48. The first-order valence-corrected chi connectivity index (χ1v) is 6.65. The lowest BCUT2D eigenvalue weighted by Gasteiger charge is -2.00. The molecule has 2 N–H and O–H groups in total. The second-order valence-electron chi connectivity index (χ2n) is 4.79. The van der Waals surface area contributed by atoms with Crippen molar-refractivity contribution in [1.82, 2.24) is 4.98 Å².